The van der Waals surface area contributed by atoms with E-state index < -0.39 is 0 Å². The minimum Gasteiger partial charge on any atom is -0.482 e. The predicted octanol–water partition coefficient (Wildman–Crippen LogP) is 1.17. The Bertz CT molecular complexity index is 710. The van der Waals surface area contributed by atoms with E-state index in [-0.39, 0.29) is 24.8 Å². The molecule has 3 rings (SSSR count). The number of fused-ring (bicyclic) bond motifs is 1. The second-order valence-electron chi connectivity index (χ2n) is 4.97. The maximum atomic E-state index is 12.0. The molecule has 0 spiro atoms. The lowest BCUT2D eigenvalue weighted by atomic mass is 10.2. The molecule has 7 nitrogen and oxygen atoms in total. The van der Waals surface area contributed by atoms with Crippen LogP contribution in [0.2, 0.25) is 0 Å². The summed E-state index contributed by atoms with van der Waals surface area (Å²) in [6, 6.07) is 9.02. The number of rotatable bonds is 4. The molecule has 0 saturated carbocycles. The number of carbonyl (C=O) groups is 2. The molecule has 1 aromatic heterocycles. The number of aromatic nitrogens is 2. The molecule has 0 fully saturated rings. The lowest BCUT2D eigenvalue weighted by molar-refractivity contribution is -0.121. The molecule has 0 radical (unpaired) electrons. The van der Waals surface area contributed by atoms with Crippen molar-refractivity contribution < 1.29 is 14.3 Å². The Balaban J connectivity index is 1.63. The molecular formula is C15H16N4O3. The summed E-state index contributed by atoms with van der Waals surface area (Å²) in [6.07, 6.45) is 1.94. The molecule has 2 heterocycles. The molecule has 0 aliphatic carbocycles. The number of benzene rings is 1. The molecular weight excluding hydrogens is 284 g/mol. The first-order valence-corrected chi connectivity index (χ1v) is 6.95. The van der Waals surface area contributed by atoms with E-state index in [2.05, 4.69) is 10.4 Å². The highest BCUT2D eigenvalue weighted by Gasteiger charge is 2.25. The van der Waals surface area contributed by atoms with Gasteiger partial charge in [-0.2, -0.15) is 5.10 Å². The maximum Gasteiger partial charge on any atom is 0.265 e. The summed E-state index contributed by atoms with van der Waals surface area (Å²) < 4.78 is 6.98. The molecule has 1 aliphatic heterocycles. The van der Waals surface area contributed by atoms with Crippen LogP contribution in [0, 0.1) is 0 Å². The van der Waals surface area contributed by atoms with Crippen LogP contribution in [0.3, 0.4) is 0 Å². The molecule has 0 saturated heterocycles. The van der Waals surface area contributed by atoms with E-state index in [0.29, 0.717) is 23.8 Å². The summed E-state index contributed by atoms with van der Waals surface area (Å²) >= 11 is 0. The van der Waals surface area contributed by atoms with E-state index in [1.54, 1.807) is 28.9 Å². The Morgan fingerprint density at radius 2 is 2.18 bits per heavy atom. The maximum absolute atomic E-state index is 12.0. The second-order valence-corrected chi connectivity index (χ2v) is 4.97. The van der Waals surface area contributed by atoms with Gasteiger partial charge in [0.05, 0.1) is 5.69 Å². The number of nitrogens with zero attached hydrogens (tertiary/aromatic N) is 3. The van der Waals surface area contributed by atoms with Crippen LogP contribution < -0.4 is 15.0 Å². The number of aryl methyl sites for hydroxylation is 1. The number of hydrogen-bond donors (Lipinski definition) is 1. The van der Waals surface area contributed by atoms with Gasteiger partial charge in [-0.05, 0) is 12.1 Å². The van der Waals surface area contributed by atoms with Crippen molar-refractivity contribution >= 4 is 23.3 Å². The number of hydrogen-bond acceptors (Lipinski definition) is 4. The van der Waals surface area contributed by atoms with Gasteiger partial charge in [0.2, 0.25) is 5.91 Å². The number of carbonyl (C=O) groups excluding carboxylic acids is 2. The van der Waals surface area contributed by atoms with Crippen LogP contribution in [0.5, 0.6) is 5.75 Å². The highest BCUT2D eigenvalue weighted by molar-refractivity contribution is 5.99. The fourth-order valence-electron chi connectivity index (χ4n) is 2.30. The number of ether oxygens (including phenoxy) is 1. The highest BCUT2D eigenvalue weighted by atomic mass is 16.5. The van der Waals surface area contributed by atoms with E-state index in [1.165, 1.54) is 0 Å². The van der Waals surface area contributed by atoms with Crippen molar-refractivity contribution in [1.29, 1.82) is 0 Å². The van der Waals surface area contributed by atoms with Gasteiger partial charge >= 0.3 is 0 Å². The average Bonchev–Trinajstić information content (AvgIpc) is 2.91. The molecule has 0 unspecified atom stereocenters. The zero-order chi connectivity index (χ0) is 15.5. The zero-order valence-corrected chi connectivity index (χ0v) is 12.2. The van der Waals surface area contributed by atoms with Gasteiger partial charge in [-0.3, -0.25) is 14.3 Å². The van der Waals surface area contributed by atoms with Crippen molar-refractivity contribution in [2.75, 3.05) is 23.4 Å². The minimum absolute atomic E-state index is 0.00112. The fourth-order valence-corrected chi connectivity index (χ4v) is 2.30. The normalized spacial score (nSPS) is 13.5. The Morgan fingerprint density at radius 1 is 1.36 bits per heavy atom. The van der Waals surface area contributed by atoms with Gasteiger partial charge in [-0.15, -0.1) is 0 Å². The fraction of sp³-hybridized carbons (Fsp3) is 0.267. The van der Waals surface area contributed by atoms with Crippen LogP contribution in [0.4, 0.5) is 11.5 Å². The largest absolute Gasteiger partial charge is 0.482 e. The topological polar surface area (TPSA) is 76.5 Å². The van der Waals surface area contributed by atoms with Crippen LogP contribution in [0.25, 0.3) is 0 Å². The first-order chi connectivity index (χ1) is 10.6. The summed E-state index contributed by atoms with van der Waals surface area (Å²) in [5.41, 5.74) is 0.699. The van der Waals surface area contributed by atoms with E-state index in [9.17, 15) is 9.59 Å². The van der Waals surface area contributed by atoms with E-state index in [1.807, 2.05) is 24.3 Å². The third-order valence-electron chi connectivity index (χ3n) is 3.35. The van der Waals surface area contributed by atoms with Gasteiger partial charge in [0, 0.05) is 32.3 Å². The zero-order valence-electron chi connectivity index (χ0n) is 12.2. The Hall–Kier alpha value is -2.83. The molecule has 1 N–H and O–H groups in total. The first kappa shape index (κ1) is 14.1. The first-order valence-electron chi connectivity index (χ1n) is 6.95. The summed E-state index contributed by atoms with van der Waals surface area (Å²) in [4.78, 5) is 25.5. The lowest BCUT2D eigenvalue weighted by Gasteiger charge is -2.29. The van der Waals surface area contributed by atoms with Gasteiger partial charge in [0.1, 0.15) is 5.75 Å². The van der Waals surface area contributed by atoms with Crippen molar-refractivity contribution in [3.63, 3.8) is 0 Å². The summed E-state index contributed by atoms with van der Waals surface area (Å²) in [6.45, 7) is 0.302. The molecule has 2 aromatic rings. The Labute approximate surface area is 127 Å². The molecule has 7 heteroatoms. The standard InChI is InChI=1S/C15H16N4O3/c1-18-8-6-13(17-18)16-14(20)7-9-19-11-4-2-3-5-12(11)22-10-15(19)21/h2-6,8H,7,9-10H2,1H3,(H,16,17,20). The summed E-state index contributed by atoms with van der Waals surface area (Å²) in [5.74, 6) is 0.827. The Morgan fingerprint density at radius 3 is 2.95 bits per heavy atom. The van der Waals surface area contributed by atoms with Crippen molar-refractivity contribution in [2.45, 2.75) is 6.42 Å². The summed E-state index contributed by atoms with van der Waals surface area (Å²) in [7, 11) is 1.78. The highest BCUT2D eigenvalue weighted by Crippen LogP contribution is 2.31. The van der Waals surface area contributed by atoms with Crippen molar-refractivity contribution in [2.24, 2.45) is 7.05 Å². The third kappa shape index (κ3) is 2.93. The van der Waals surface area contributed by atoms with Crippen molar-refractivity contribution in [1.82, 2.24) is 9.78 Å². The van der Waals surface area contributed by atoms with Crippen molar-refractivity contribution in [3.8, 4) is 5.75 Å². The van der Waals surface area contributed by atoms with Crippen LogP contribution >= 0.6 is 0 Å². The SMILES string of the molecule is Cn1ccc(NC(=O)CCN2C(=O)COc3ccccc32)n1. The second kappa shape index (κ2) is 5.88. The average molecular weight is 300 g/mol. The van der Waals surface area contributed by atoms with Gasteiger partial charge in [0.15, 0.2) is 12.4 Å². The smallest absolute Gasteiger partial charge is 0.265 e. The molecule has 22 heavy (non-hydrogen) atoms. The van der Waals surface area contributed by atoms with Crippen LogP contribution in [0.1, 0.15) is 6.42 Å². The quantitative estimate of drug-likeness (QED) is 0.919. The number of nitrogens with one attached hydrogen (secondary N) is 1. The Kier molecular flexibility index (Phi) is 3.78. The van der Waals surface area contributed by atoms with E-state index >= 15 is 0 Å². The number of amides is 2. The number of anilines is 2. The van der Waals surface area contributed by atoms with E-state index in [4.69, 9.17) is 4.74 Å². The number of para-hydroxylation sites is 2. The van der Waals surface area contributed by atoms with Gasteiger partial charge in [-0.1, -0.05) is 12.1 Å². The molecule has 1 aromatic carbocycles. The third-order valence-corrected chi connectivity index (χ3v) is 3.35. The molecule has 1 aliphatic rings. The van der Waals surface area contributed by atoms with E-state index in [0.717, 1.165) is 0 Å². The van der Waals surface area contributed by atoms with Crippen LogP contribution in [-0.4, -0.2) is 34.7 Å². The molecule has 2 amide bonds. The lowest BCUT2D eigenvalue weighted by Crippen LogP contribution is -2.40. The molecule has 0 atom stereocenters. The minimum atomic E-state index is -0.185. The predicted molar refractivity (Wildman–Crippen MR) is 80.7 cm³/mol. The molecule has 114 valence electrons. The van der Waals surface area contributed by atoms with Crippen molar-refractivity contribution in [3.05, 3.63) is 36.5 Å². The monoisotopic (exact) mass is 300 g/mol. The van der Waals surface area contributed by atoms with Crippen LogP contribution in [0.15, 0.2) is 36.5 Å². The van der Waals surface area contributed by atoms with Crippen LogP contribution in [-0.2, 0) is 16.6 Å². The molecule has 0 bridgehead atoms. The van der Waals surface area contributed by atoms with Gasteiger partial charge in [0.25, 0.3) is 5.91 Å². The van der Waals surface area contributed by atoms with Gasteiger partial charge < -0.3 is 15.0 Å². The summed E-state index contributed by atoms with van der Waals surface area (Å²) in [5, 5.41) is 6.78. The van der Waals surface area contributed by atoms with Gasteiger partial charge in [-0.25, -0.2) is 0 Å².